The Labute approximate surface area is 231 Å². The second kappa shape index (κ2) is 10.5. The van der Waals surface area contributed by atoms with Crippen molar-refractivity contribution in [1.29, 1.82) is 0 Å². The van der Waals surface area contributed by atoms with Gasteiger partial charge in [0.2, 0.25) is 0 Å². The number of aromatic nitrogens is 3. The summed E-state index contributed by atoms with van der Waals surface area (Å²) in [7, 11) is 0. The number of ketones is 1. The first-order valence-corrected chi connectivity index (χ1v) is 13.1. The van der Waals surface area contributed by atoms with Gasteiger partial charge >= 0.3 is 6.18 Å². The molecule has 3 aromatic carbocycles. The highest BCUT2D eigenvalue weighted by Crippen LogP contribution is 2.33. The summed E-state index contributed by atoms with van der Waals surface area (Å²) >= 11 is 0. The van der Waals surface area contributed by atoms with Crippen LogP contribution < -0.4 is 11.1 Å². The lowest BCUT2D eigenvalue weighted by atomic mass is 9.95. The number of alkyl halides is 3. The Hall–Kier alpha value is -4.51. The zero-order valence-corrected chi connectivity index (χ0v) is 21.7. The average Bonchev–Trinajstić information content (AvgIpc) is 3.54. The van der Waals surface area contributed by atoms with Crippen LogP contribution in [-0.2, 0) is 12.6 Å². The van der Waals surface area contributed by atoms with Gasteiger partial charge in [-0.2, -0.15) is 18.3 Å². The third-order valence-corrected chi connectivity index (χ3v) is 7.21. The molecule has 1 saturated carbocycles. The van der Waals surface area contributed by atoms with Crippen molar-refractivity contribution in [3.05, 3.63) is 107 Å². The van der Waals surface area contributed by atoms with Crippen molar-refractivity contribution in [1.82, 2.24) is 20.3 Å². The molecule has 0 radical (unpaired) electrons. The molecule has 1 aliphatic carbocycles. The molecule has 0 spiro atoms. The number of halogens is 4. The van der Waals surface area contributed by atoms with Gasteiger partial charge in [-0.05, 0) is 66.3 Å². The first-order valence-electron chi connectivity index (χ1n) is 13.1. The monoisotopic (exact) mass is 563 g/mol. The van der Waals surface area contributed by atoms with Gasteiger partial charge in [0.15, 0.2) is 22.9 Å². The van der Waals surface area contributed by atoms with E-state index in [1.54, 1.807) is 12.1 Å². The van der Waals surface area contributed by atoms with Gasteiger partial charge in [0.25, 0.3) is 0 Å². The molecule has 0 aliphatic heterocycles. The van der Waals surface area contributed by atoms with E-state index in [0.29, 0.717) is 23.0 Å². The highest BCUT2D eigenvalue weighted by atomic mass is 19.4. The van der Waals surface area contributed by atoms with Crippen molar-refractivity contribution in [2.75, 3.05) is 12.3 Å². The number of nitrogens with two attached hydrogens (primary N) is 1. The maximum absolute atomic E-state index is 15.0. The number of nitrogens with one attached hydrogen (secondary N) is 1. The molecule has 3 N–H and O–H groups in total. The number of fused-ring (bicyclic) bond motifs is 1. The van der Waals surface area contributed by atoms with Crippen LogP contribution in [0.15, 0.2) is 77.3 Å². The van der Waals surface area contributed by atoms with Crippen molar-refractivity contribution in [2.45, 2.75) is 31.5 Å². The van der Waals surface area contributed by atoms with Gasteiger partial charge in [0.1, 0.15) is 11.5 Å². The normalized spacial score (nSPS) is 14.4. The van der Waals surface area contributed by atoms with E-state index in [2.05, 4.69) is 15.6 Å². The Morgan fingerprint density at radius 1 is 1.05 bits per heavy atom. The summed E-state index contributed by atoms with van der Waals surface area (Å²) in [5, 5.41) is 11.2. The molecule has 7 nitrogen and oxygen atoms in total. The molecule has 0 saturated heterocycles. The van der Waals surface area contributed by atoms with E-state index in [4.69, 9.17) is 10.3 Å². The molecule has 0 bridgehead atoms. The van der Waals surface area contributed by atoms with Crippen LogP contribution in [0.2, 0.25) is 0 Å². The lowest BCUT2D eigenvalue weighted by molar-refractivity contribution is -0.141. The lowest BCUT2D eigenvalue weighted by Gasteiger charge is -2.21. The van der Waals surface area contributed by atoms with Gasteiger partial charge in [0, 0.05) is 12.5 Å². The van der Waals surface area contributed by atoms with Crippen LogP contribution in [0.1, 0.15) is 51.8 Å². The summed E-state index contributed by atoms with van der Waals surface area (Å²) in [6, 6.07) is 19.0. The van der Waals surface area contributed by atoms with E-state index < -0.39 is 29.9 Å². The number of rotatable bonds is 9. The van der Waals surface area contributed by atoms with E-state index in [0.717, 1.165) is 35.2 Å². The molecular weight excluding hydrogens is 538 g/mol. The third-order valence-electron chi connectivity index (χ3n) is 7.21. The highest BCUT2D eigenvalue weighted by molar-refractivity contribution is 5.97. The highest BCUT2D eigenvalue weighted by Gasteiger charge is 2.36. The number of nitrogens with zero attached hydrogens (tertiary/aromatic N) is 3. The summed E-state index contributed by atoms with van der Waals surface area (Å²) in [5.74, 6) is -0.722. The lowest BCUT2D eigenvalue weighted by Crippen LogP contribution is -2.25. The largest absolute Gasteiger partial charge is 0.435 e. The maximum atomic E-state index is 15.0. The molecule has 1 atom stereocenters. The minimum atomic E-state index is -4.80. The molecule has 41 heavy (non-hydrogen) atoms. The standard InChI is InChI=1S/C30H25F4N5O2/c31-23-10-8-19(28(36-16-17-6-7-17)18-4-2-1-3-5-18)12-20(23)13-25(40)24-15-27(30(32,33)34)37-39(24)21-9-11-26-22(14-21)29(35)38-41-26/h1-5,8-12,14-15,17,28,36H,6-7,13,16H2,(H2,35,38). The molecular formula is C30H25F4N5O2. The van der Waals surface area contributed by atoms with Crippen molar-refractivity contribution >= 4 is 22.6 Å². The van der Waals surface area contributed by atoms with Crippen LogP contribution in [0.25, 0.3) is 16.7 Å². The number of anilines is 1. The summed E-state index contributed by atoms with van der Waals surface area (Å²) in [6.45, 7) is 0.797. The molecule has 1 aliphatic rings. The summed E-state index contributed by atoms with van der Waals surface area (Å²) in [5.41, 5.74) is 6.49. The van der Waals surface area contributed by atoms with Gasteiger partial charge in [-0.3, -0.25) is 4.79 Å². The van der Waals surface area contributed by atoms with Gasteiger partial charge in [-0.15, -0.1) is 0 Å². The van der Waals surface area contributed by atoms with Gasteiger partial charge < -0.3 is 15.6 Å². The fourth-order valence-corrected chi connectivity index (χ4v) is 4.85. The Morgan fingerprint density at radius 2 is 1.83 bits per heavy atom. The molecule has 1 unspecified atom stereocenters. The van der Waals surface area contributed by atoms with Crippen molar-refractivity contribution in [3.63, 3.8) is 0 Å². The van der Waals surface area contributed by atoms with Crippen LogP contribution in [0.3, 0.4) is 0 Å². The van der Waals surface area contributed by atoms with Crippen LogP contribution >= 0.6 is 0 Å². The molecule has 6 rings (SSSR count). The smallest absolute Gasteiger partial charge is 0.380 e. The SMILES string of the molecule is Nc1noc2ccc(-n3nc(C(F)(F)F)cc3C(=O)Cc3cc(C(NCC4CC4)c4ccccc4)ccc3F)cc12. The van der Waals surface area contributed by atoms with E-state index in [9.17, 15) is 18.0 Å². The molecule has 2 aromatic heterocycles. The predicted octanol–water partition coefficient (Wildman–Crippen LogP) is 6.27. The Bertz CT molecular complexity index is 1720. The number of carbonyl (C=O) groups excluding carboxylic acids is 1. The minimum absolute atomic E-state index is 0.0417. The van der Waals surface area contributed by atoms with Crippen molar-refractivity contribution in [3.8, 4) is 5.69 Å². The van der Waals surface area contributed by atoms with Crippen LogP contribution in [-0.4, -0.2) is 27.3 Å². The second-order valence-corrected chi connectivity index (χ2v) is 10.2. The van der Waals surface area contributed by atoms with Gasteiger partial charge in [-0.1, -0.05) is 47.6 Å². The zero-order valence-electron chi connectivity index (χ0n) is 21.7. The van der Waals surface area contributed by atoms with Gasteiger partial charge in [-0.25, -0.2) is 9.07 Å². The summed E-state index contributed by atoms with van der Waals surface area (Å²) < 4.78 is 62.0. The molecule has 2 heterocycles. The Balaban J connectivity index is 1.35. The summed E-state index contributed by atoms with van der Waals surface area (Å²) in [6.07, 6.45) is -2.96. The third kappa shape index (κ3) is 5.58. The zero-order chi connectivity index (χ0) is 28.7. The molecule has 11 heteroatoms. The molecule has 210 valence electrons. The number of hydrogen-bond donors (Lipinski definition) is 2. The first-order chi connectivity index (χ1) is 19.7. The van der Waals surface area contributed by atoms with Crippen LogP contribution in [0, 0.1) is 11.7 Å². The number of benzene rings is 3. The van der Waals surface area contributed by atoms with Crippen molar-refractivity contribution < 1.29 is 26.9 Å². The Morgan fingerprint density at radius 3 is 2.56 bits per heavy atom. The number of Topliss-reactive ketones (excluding diaryl/α,β-unsaturated/α-hetero) is 1. The fourth-order valence-electron chi connectivity index (χ4n) is 4.85. The number of hydrogen-bond acceptors (Lipinski definition) is 6. The molecule has 1 fully saturated rings. The Kier molecular flexibility index (Phi) is 6.82. The topological polar surface area (TPSA) is 99.0 Å². The second-order valence-electron chi connectivity index (χ2n) is 10.2. The molecule has 5 aromatic rings. The molecule has 0 amide bonds. The van der Waals surface area contributed by atoms with E-state index >= 15 is 4.39 Å². The summed E-state index contributed by atoms with van der Waals surface area (Å²) in [4.78, 5) is 13.5. The van der Waals surface area contributed by atoms with E-state index in [-0.39, 0.29) is 28.8 Å². The predicted molar refractivity (Wildman–Crippen MR) is 144 cm³/mol. The minimum Gasteiger partial charge on any atom is -0.380 e. The van der Waals surface area contributed by atoms with Crippen LogP contribution in [0.5, 0.6) is 0 Å². The van der Waals surface area contributed by atoms with Gasteiger partial charge in [0.05, 0.1) is 17.1 Å². The fraction of sp³-hybridized carbons (Fsp3) is 0.233. The van der Waals surface area contributed by atoms with Crippen molar-refractivity contribution in [2.24, 2.45) is 5.92 Å². The first kappa shape index (κ1) is 26.7. The average molecular weight is 564 g/mol. The maximum Gasteiger partial charge on any atom is 0.435 e. The van der Waals surface area contributed by atoms with E-state index in [1.807, 2.05) is 30.3 Å². The number of nitrogen functional groups attached to an aromatic ring is 1. The number of carbonyl (C=O) groups is 1. The van der Waals surface area contributed by atoms with E-state index in [1.165, 1.54) is 24.3 Å². The quantitative estimate of drug-likeness (QED) is 0.162. The van der Waals surface area contributed by atoms with Crippen LogP contribution in [0.4, 0.5) is 23.4 Å².